The molecule has 33 heavy (non-hydrogen) atoms. The van der Waals surface area contributed by atoms with Crippen LogP contribution in [0.15, 0.2) is 71.6 Å². The number of sulfone groups is 1. The van der Waals surface area contributed by atoms with Crippen molar-refractivity contribution < 1.29 is 17.9 Å². The Morgan fingerprint density at radius 2 is 1.82 bits per heavy atom. The van der Waals surface area contributed by atoms with Crippen molar-refractivity contribution in [2.24, 2.45) is 0 Å². The van der Waals surface area contributed by atoms with Crippen LogP contribution in [0.5, 0.6) is 5.75 Å². The lowest BCUT2D eigenvalue weighted by atomic mass is 10.2. The van der Waals surface area contributed by atoms with Gasteiger partial charge in [0, 0.05) is 11.3 Å². The maximum absolute atomic E-state index is 13.2. The van der Waals surface area contributed by atoms with Crippen molar-refractivity contribution in [3.63, 3.8) is 0 Å². The van der Waals surface area contributed by atoms with Crippen molar-refractivity contribution in [3.8, 4) is 5.75 Å². The minimum atomic E-state index is -3.36. The van der Waals surface area contributed by atoms with E-state index in [0.717, 1.165) is 11.8 Å². The van der Waals surface area contributed by atoms with Crippen LogP contribution in [0.3, 0.4) is 0 Å². The zero-order chi connectivity index (χ0) is 23.6. The number of fused-ring (bicyclic) bond motifs is 1. The molecule has 10 heteroatoms. The van der Waals surface area contributed by atoms with E-state index in [1.165, 1.54) is 28.4 Å². The molecule has 0 fully saturated rings. The maximum Gasteiger partial charge on any atom is 0.267 e. The third-order valence-corrected chi connectivity index (χ3v) is 7.42. The standard InChI is InChI=1S/C23H18Cl2N2O4S2/c1-33(29,30)17-8-9-19-21(12-17)32-23(26-19)27(13-15-5-3-2-4-6-15)22(28)14-31-20-10-7-16(24)11-18(20)25/h2-12H,13-14H2,1H3. The number of thiazole rings is 1. The fourth-order valence-corrected chi connectivity index (χ4v) is 5.28. The van der Waals surface area contributed by atoms with E-state index >= 15 is 0 Å². The Balaban J connectivity index is 1.65. The van der Waals surface area contributed by atoms with E-state index in [-0.39, 0.29) is 24.0 Å². The van der Waals surface area contributed by atoms with E-state index in [4.69, 9.17) is 27.9 Å². The molecule has 170 valence electrons. The van der Waals surface area contributed by atoms with E-state index in [1.807, 2.05) is 30.3 Å². The van der Waals surface area contributed by atoms with Gasteiger partial charge < -0.3 is 4.74 Å². The van der Waals surface area contributed by atoms with Crippen LogP contribution in [0.2, 0.25) is 10.0 Å². The molecule has 1 amide bonds. The molecule has 0 N–H and O–H groups in total. The van der Waals surface area contributed by atoms with Crippen molar-refractivity contribution in [2.45, 2.75) is 11.4 Å². The predicted molar refractivity (Wildman–Crippen MR) is 132 cm³/mol. The fourth-order valence-electron chi connectivity index (χ4n) is 3.08. The van der Waals surface area contributed by atoms with Gasteiger partial charge in [0.15, 0.2) is 21.6 Å². The van der Waals surface area contributed by atoms with E-state index in [1.54, 1.807) is 24.3 Å². The van der Waals surface area contributed by atoms with Crippen LogP contribution in [0.4, 0.5) is 5.13 Å². The van der Waals surface area contributed by atoms with Gasteiger partial charge in [-0.25, -0.2) is 13.4 Å². The first kappa shape index (κ1) is 23.5. The largest absolute Gasteiger partial charge is 0.482 e. The van der Waals surface area contributed by atoms with E-state index in [2.05, 4.69) is 4.98 Å². The van der Waals surface area contributed by atoms with Crippen LogP contribution >= 0.6 is 34.5 Å². The quantitative estimate of drug-likeness (QED) is 0.316. The minimum Gasteiger partial charge on any atom is -0.482 e. The molecular formula is C23H18Cl2N2O4S2. The number of carbonyl (C=O) groups excluding carboxylic acids is 1. The number of aromatic nitrogens is 1. The zero-order valence-corrected chi connectivity index (χ0v) is 20.5. The van der Waals surface area contributed by atoms with E-state index < -0.39 is 9.84 Å². The number of anilines is 1. The number of ether oxygens (including phenoxy) is 1. The van der Waals surface area contributed by atoms with Crippen LogP contribution in [-0.4, -0.2) is 32.2 Å². The average molecular weight is 521 g/mol. The molecule has 0 atom stereocenters. The highest BCUT2D eigenvalue weighted by Crippen LogP contribution is 2.32. The topological polar surface area (TPSA) is 76.6 Å². The van der Waals surface area contributed by atoms with Gasteiger partial charge >= 0.3 is 0 Å². The molecule has 0 saturated carbocycles. The lowest BCUT2D eigenvalue weighted by Gasteiger charge is -2.20. The SMILES string of the molecule is CS(=O)(=O)c1ccc2nc(N(Cc3ccccc3)C(=O)COc3ccc(Cl)cc3Cl)sc2c1. The highest BCUT2D eigenvalue weighted by Gasteiger charge is 2.22. The number of amides is 1. The number of hydrogen-bond donors (Lipinski definition) is 0. The first-order chi connectivity index (χ1) is 15.7. The summed E-state index contributed by atoms with van der Waals surface area (Å²) in [7, 11) is -3.36. The van der Waals surface area contributed by atoms with Gasteiger partial charge in [-0.1, -0.05) is 64.9 Å². The molecule has 0 aliphatic heterocycles. The minimum absolute atomic E-state index is 0.201. The second-order valence-electron chi connectivity index (χ2n) is 7.23. The molecule has 6 nitrogen and oxygen atoms in total. The first-order valence-corrected chi connectivity index (χ1v) is 13.2. The van der Waals surface area contributed by atoms with Crippen molar-refractivity contribution in [2.75, 3.05) is 17.8 Å². The number of halogens is 2. The molecule has 3 aromatic carbocycles. The summed E-state index contributed by atoms with van der Waals surface area (Å²) in [4.78, 5) is 19.5. The molecule has 0 aliphatic carbocycles. The zero-order valence-electron chi connectivity index (χ0n) is 17.4. The normalized spacial score (nSPS) is 11.5. The summed E-state index contributed by atoms with van der Waals surface area (Å²) in [6.07, 6.45) is 1.15. The lowest BCUT2D eigenvalue weighted by molar-refractivity contribution is -0.120. The molecule has 1 heterocycles. The molecule has 0 spiro atoms. The third-order valence-electron chi connectivity index (χ3n) is 4.74. The summed E-state index contributed by atoms with van der Waals surface area (Å²) in [6, 6.07) is 19.0. The number of carbonyl (C=O) groups is 1. The van der Waals surface area contributed by atoms with Crippen LogP contribution in [0.25, 0.3) is 10.2 Å². The van der Waals surface area contributed by atoms with Crippen LogP contribution in [0.1, 0.15) is 5.56 Å². The second kappa shape index (κ2) is 9.69. The van der Waals surface area contributed by atoms with Gasteiger partial charge in [0.1, 0.15) is 5.75 Å². The van der Waals surface area contributed by atoms with E-state index in [9.17, 15) is 13.2 Å². The smallest absolute Gasteiger partial charge is 0.267 e. The summed E-state index contributed by atoms with van der Waals surface area (Å²) in [6.45, 7) is 0.00877. The summed E-state index contributed by atoms with van der Waals surface area (Å²) in [5.41, 5.74) is 1.52. The Labute approximate surface area is 205 Å². The summed E-state index contributed by atoms with van der Waals surface area (Å²) < 4.78 is 30.2. The lowest BCUT2D eigenvalue weighted by Crippen LogP contribution is -2.34. The van der Waals surface area contributed by atoms with Crippen molar-refractivity contribution in [3.05, 3.63) is 82.3 Å². The average Bonchev–Trinajstić information content (AvgIpc) is 3.20. The Bertz CT molecular complexity index is 1420. The number of rotatable bonds is 7. The summed E-state index contributed by atoms with van der Waals surface area (Å²) in [5, 5.41) is 1.21. The Morgan fingerprint density at radius 1 is 1.06 bits per heavy atom. The molecule has 0 aliphatic rings. The van der Waals surface area contributed by atoms with Gasteiger partial charge in [-0.15, -0.1) is 0 Å². The van der Waals surface area contributed by atoms with Gasteiger partial charge in [-0.05, 0) is 42.0 Å². The predicted octanol–water partition coefficient (Wildman–Crippen LogP) is 5.62. The molecule has 0 unspecified atom stereocenters. The Hall–Kier alpha value is -2.65. The summed E-state index contributed by atoms with van der Waals surface area (Å²) >= 11 is 13.3. The molecule has 1 aromatic heterocycles. The van der Waals surface area contributed by atoms with Crippen molar-refractivity contribution in [1.82, 2.24) is 4.98 Å². The molecule has 0 saturated heterocycles. The van der Waals surface area contributed by atoms with E-state index in [0.29, 0.717) is 31.1 Å². The third kappa shape index (κ3) is 5.65. The van der Waals surface area contributed by atoms with Crippen LogP contribution in [-0.2, 0) is 21.2 Å². The van der Waals surface area contributed by atoms with Gasteiger partial charge in [-0.3, -0.25) is 9.69 Å². The number of hydrogen-bond acceptors (Lipinski definition) is 6. The summed E-state index contributed by atoms with van der Waals surface area (Å²) in [5.74, 6) is 0.0171. The monoisotopic (exact) mass is 520 g/mol. The fraction of sp³-hybridized carbons (Fsp3) is 0.130. The Kier molecular flexibility index (Phi) is 6.90. The van der Waals surface area contributed by atoms with Gasteiger partial charge in [-0.2, -0.15) is 0 Å². The Morgan fingerprint density at radius 3 is 2.52 bits per heavy atom. The molecule has 0 radical (unpaired) electrons. The highest BCUT2D eigenvalue weighted by molar-refractivity contribution is 7.90. The molecular weight excluding hydrogens is 503 g/mol. The van der Waals surface area contributed by atoms with Crippen molar-refractivity contribution in [1.29, 1.82) is 0 Å². The van der Waals surface area contributed by atoms with Crippen LogP contribution < -0.4 is 9.64 Å². The molecule has 0 bridgehead atoms. The maximum atomic E-state index is 13.2. The van der Waals surface area contributed by atoms with Crippen LogP contribution in [0, 0.1) is 0 Å². The second-order valence-corrected chi connectivity index (χ2v) is 11.1. The highest BCUT2D eigenvalue weighted by atomic mass is 35.5. The number of nitrogens with zero attached hydrogens (tertiary/aromatic N) is 2. The van der Waals surface area contributed by atoms with Crippen molar-refractivity contribution >= 4 is 65.6 Å². The van der Waals surface area contributed by atoms with Gasteiger partial charge in [0.25, 0.3) is 5.91 Å². The number of benzene rings is 3. The molecule has 4 rings (SSSR count). The van der Waals surface area contributed by atoms with Gasteiger partial charge in [0.2, 0.25) is 0 Å². The first-order valence-electron chi connectivity index (χ1n) is 9.73. The van der Waals surface area contributed by atoms with Gasteiger partial charge in [0.05, 0.1) is 26.7 Å². The molecule has 4 aromatic rings.